The molecule has 0 radical (unpaired) electrons. The Bertz CT molecular complexity index is 177. The van der Waals surface area contributed by atoms with E-state index in [1.54, 1.807) is 0 Å². The van der Waals surface area contributed by atoms with E-state index in [0.29, 0.717) is 11.5 Å². The van der Waals surface area contributed by atoms with Crippen molar-refractivity contribution in [2.45, 2.75) is 60.0 Å². The molecule has 0 heterocycles. The Morgan fingerprint density at radius 2 is 1.53 bits per heavy atom. The molecule has 0 rings (SSSR count). The molecule has 0 unspecified atom stereocenters. The Hall–Kier alpha value is -0.0800. The van der Waals surface area contributed by atoms with Crippen LogP contribution in [0, 0.1) is 5.41 Å². The Labute approximate surface area is 96.4 Å². The SMILES string of the molecule is CC(C)N(C)CC(C)(C)CNC(C)(C)C. The van der Waals surface area contributed by atoms with Crippen molar-refractivity contribution in [1.29, 1.82) is 0 Å². The van der Waals surface area contributed by atoms with Crippen LogP contribution in [0.5, 0.6) is 0 Å². The lowest BCUT2D eigenvalue weighted by Crippen LogP contribution is -2.46. The smallest absolute Gasteiger partial charge is 0.00967 e. The molecule has 2 nitrogen and oxygen atoms in total. The summed E-state index contributed by atoms with van der Waals surface area (Å²) in [4.78, 5) is 2.41. The molecule has 0 aliphatic carbocycles. The molecule has 0 spiro atoms. The molecular formula is C13H30N2. The third-order valence-corrected chi connectivity index (χ3v) is 2.66. The van der Waals surface area contributed by atoms with Crippen LogP contribution in [0.15, 0.2) is 0 Å². The molecule has 0 aromatic heterocycles. The molecule has 0 fully saturated rings. The summed E-state index contributed by atoms with van der Waals surface area (Å²) in [5.74, 6) is 0. The first kappa shape index (κ1) is 14.9. The molecule has 0 saturated heterocycles. The van der Waals surface area contributed by atoms with Gasteiger partial charge in [-0.1, -0.05) is 13.8 Å². The van der Waals surface area contributed by atoms with Crippen LogP contribution in [-0.2, 0) is 0 Å². The molecule has 0 bridgehead atoms. The van der Waals surface area contributed by atoms with Gasteiger partial charge in [0.1, 0.15) is 0 Å². The van der Waals surface area contributed by atoms with Gasteiger partial charge in [0.25, 0.3) is 0 Å². The summed E-state index contributed by atoms with van der Waals surface area (Å²) in [5.41, 5.74) is 0.542. The summed E-state index contributed by atoms with van der Waals surface area (Å²) in [5, 5.41) is 3.58. The number of nitrogens with one attached hydrogen (secondary N) is 1. The minimum Gasteiger partial charge on any atom is -0.311 e. The second-order valence-electron chi connectivity index (χ2n) is 6.78. The minimum absolute atomic E-state index is 0.216. The van der Waals surface area contributed by atoms with Gasteiger partial charge >= 0.3 is 0 Å². The van der Waals surface area contributed by atoms with Crippen molar-refractivity contribution in [2.24, 2.45) is 5.41 Å². The van der Waals surface area contributed by atoms with Crippen molar-refractivity contribution < 1.29 is 0 Å². The van der Waals surface area contributed by atoms with Crippen molar-refractivity contribution >= 4 is 0 Å². The fourth-order valence-electron chi connectivity index (χ4n) is 1.42. The second kappa shape index (κ2) is 5.31. The zero-order chi connectivity index (χ0) is 12.3. The van der Waals surface area contributed by atoms with E-state index in [2.05, 4.69) is 65.7 Å². The molecule has 0 atom stereocenters. The fraction of sp³-hybridized carbons (Fsp3) is 1.00. The van der Waals surface area contributed by atoms with Crippen LogP contribution in [-0.4, -0.2) is 36.6 Å². The van der Waals surface area contributed by atoms with Crippen LogP contribution in [0.1, 0.15) is 48.5 Å². The highest BCUT2D eigenvalue weighted by Gasteiger charge is 2.23. The normalized spacial score (nSPS) is 14.0. The Kier molecular flexibility index (Phi) is 5.28. The molecule has 2 heteroatoms. The molecule has 0 aliphatic rings. The number of rotatable bonds is 5. The monoisotopic (exact) mass is 214 g/mol. The largest absolute Gasteiger partial charge is 0.311 e. The van der Waals surface area contributed by atoms with E-state index in [-0.39, 0.29) is 5.54 Å². The molecule has 1 N–H and O–H groups in total. The molecule has 0 aliphatic heterocycles. The highest BCUT2D eigenvalue weighted by atomic mass is 15.1. The zero-order valence-electron chi connectivity index (χ0n) is 11.9. The number of hydrogen-bond acceptors (Lipinski definition) is 2. The average Bonchev–Trinajstić information content (AvgIpc) is 1.99. The van der Waals surface area contributed by atoms with E-state index < -0.39 is 0 Å². The first-order valence-electron chi connectivity index (χ1n) is 5.99. The van der Waals surface area contributed by atoms with Gasteiger partial charge in [0.05, 0.1) is 0 Å². The molecule has 92 valence electrons. The van der Waals surface area contributed by atoms with E-state index in [1.165, 1.54) is 0 Å². The van der Waals surface area contributed by atoms with Crippen molar-refractivity contribution in [3.63, 3.8) is 0 Å². The number of nitrogens with zero attached hydrogens (tertiary/aromatic N) is 1. The molecular weight excluding hydrogens is 184 g/mol. The summed E-state index contributed by atoms with van der Waals surface area (Å²) in [6.07, 6.45) is 0. The van der Waals surface area contributed by atoms with Gasteiger partial charge in [-0.2, -0.15) is 0 Å². The first-order valence-corrected chi connectivity index (χ1v) is 5.99. The highest BCUT2D eigenvalue weighted by molar-refractivity contribution is 4.80. The van der Waals surface area contributed by atoms with Gasteiger partial charge in [0, 0.05) is 24.7 Å². The van der Waals surface area contributed by atoms with Crippen LogP contribution in [0.2, 0.25) is 0 Å². The van der Waals surface area contributed by atoms with Gasteiger partial charge < -0.3 is 10.2 Å². The summed E-state index contributed by atoms with van der Waals surface area (Å²) < 4.78 is 0. The topological polar surface area (TPSA) is 15.3 Å². The molecule has 0 amide bonds. The molecule has 0 aromatic carbocycles. The van der Waals surface area contributed by atoms with Gasteiger partial charge in [-0.3, -0.25) is 0 Å². The standard InChI is InChI=1S/C13H30N2/c1-11(2)15(8)10-13(6,7)9-14-12(3,4)5/h11,14H,9-10H2,1-8H3. The fourth-order valence-corrected chi connectivity index (χ4v) is 1.42. The van der Waals surface area contributed by atoms with E-state index in [4.69, 9.17) is 0 Å². The van der Waals surface area contributed by atoms with Crippen molar-refractivity contribution in [1.82, 2.24) is 10.2 Å². The summed E-state index contributed by atoms with van der Waals surface area (Å²) in [6, 6.07) is 0.624. The maximum absolute atomic E-state index is 3.58. The van der Waals surface area contributed by atoms with Crippen molar-refractivity contribution in [3.8, 4) is 0 Å². The van der Waals surface area contributed by atoms with E-state index in [9.17, 15) is 0 Å². The Morgan fingerprint density at radius 1 is 1.07 bits per heavy atom. The average molecular weight is 214 g/mol. The predicted molar refractivity (Wildman–Crippen MR) is 69.3 cm³/mol. The van der Waals surface area contributed by atoms with Gasteiger partial charge in [-0.05, 0) is 47.1 Å². The van der Waals surface area contributed by atoms with E-state index >= 15 is 0 Å². The maximum atomic E-state index is 3.58. The van der Waals surface area contributed by atoms with Gasteiger partial charge in [0.15, 0.2) is 0 Å². The first-order chi connectivity index (χ1) is 6.53. The van der Waals surface area contributed by atoms with Gasteiger partial charge in [-0.15, -0.1) is 0 Å². The molecule has 0 aromatic rings. The van der Waals surface area contributed by atoms with E-state index in [0.717, 1.165) is 13.1 Å². The highest BCUT2D eigenvalue weighted by Crippen LogP contribution is 2.17. The third-order valence-electron chi connectivity index (χ3n) is 2.66. The minimum atomic E-state index is 0.216. The molecule has 0 saturated carbocycles. The van der Waals surface area contributed by atoms with Crippen LogP contribution < -0.4 is 5.32 Å². The second-order valence-corrected chi connectivity index (χ2v) is 6.78. The maximum Gasteiger partial charge on any atom is 0.00967 e. The molecule has 15 heavy (non-hydrogen) atoms. The van der Waals surface area contributed by atoms with Gasteiger partial charge in [0.2, 0.25) is 0 Å². The van der Waals surface area contributed by atoms with Crippen LogP contribution >= 0.6 is 0 Å². The Morgan fingerprint density at radius 3 is 1.87 bits per heavy atom. The lowest BCUT2D eigenvalue weighted by Gasteiger charge is -2.35. The van der Waals surface area contributed by atoms with Crippen LogP contribution in [0.3, 0.4) is 0 Å². The van der Waals surface area contributed by atoms with Crippen molar-refractivity contribution in [3.05, 3.63) is 0 Å². The number of hydrogen-bond donors (Lipinski definition) is 1. The van der Waals surface area contributed by atoms with Gasteiger partial charge in [-0.25, -0.2) is 0 Å². The summed E-state index contributed by atoms with van der Waals surface area (Å²) in [6.45, 7) is 18.0. The predicted octanol–water partition coefficient (Wildman–Crippen LogP) is 2.74. The summed E-state index contributed by atoms with van der Waals surface area (Å²) in [7, 11) is 2.20. The third kappa shape index (κ3) is 7.80. The lowest BCUT2D eigenvalue weighted by molar-refractivity contribution is 0.164. The zero-order valence-corrected chi connectivity index (χ0v) is 11.9. The van der Waals surface area contributed by atoms with Crippen LogP contribution in [0.25, 0.3) is 0 Å². The van der Waals surface area contributed by atoms with Crippen LogP contribution in [0.4, 0.5) is 0 Å². The quantitative estimate of drug-likeness (QED) is 0.757. The Balaban J connectivity index is 4.07. The summed E-state index contributed by atoms with van der Waals surface area (Å²) >= 11 is 0. The van der Waals surface area contributed by atoms with E-state index in [1.807, 2.05) is 0 Å². The van der Waals surface area contributed by atoms with Crippen molar-refractivity contribution in [2.75, 3.05) is 20.1 Å². The lowest BCUT2D eigenvalue weighted by atomic mass is 9.91.